The maximum absolute atomic E-state index is 13.4. The van der Waals surface area contributed by atoms with Gasteiger partial charge in [-0.2, -0.15) is 0 Å². The van der Waals surface area contributed by atoms with Gasteiger partial charge in [-0.3, -0.25) is 9.59 Å². The van der Waals surface area contributed by atoms with Crippen molar-refractivity contribution in [1.82, 2.24) is 0 Å². The summed E-state index contributed by atoms with van der Waals surface area (Å²) >= 11 is 0. The number of hydrogen-bond donors (Lipinski definition) is 2. The molecule has 6 nitrogen and oxygen atoms in total. The van der Waals surface area contributed by atoms with Crippen LogP contribution in [-0.4, -0.2) is 18.9 Å². The van der Waals surface area contributed by atoms with Crippen LogP contribution in [0, 0.1) is 12.7 Å². The maximum Gasteiger partial charge on any atom is 0.295 e. The van der Waals surface area contributed by atoms with Crippen LogP contribution in [-0.2, 0) is 0 Å². The molecular formula is C24H19FN2O4. The third-order valence-electron chi connectivity index (χ3n) is 4.71. The highest BCUT2D eigenvalue weighted by molar-refractivity contribution is 6.09. The van der Waals surface area contributed by atoms with E-state index in [0.29, 0.717) is 22.3 Å². The quantitative estimate of drug-likeness (QED) is 0.455. The SMILES string of the molecule is COc1c(C(=O)Nc2ccc(C)cc2)oc2ccc(NC(=O)c3cccc(F)c3)cc12. The average molecular weight is 418 g/mol. The molecule has 0 saturated carbocycles. The second-order valence-corrected chi connectivity index (χ2v) is 6.96. The zero-order chi connectivity index (χ0) is 22.0. The van der Waals surface area contributed by atoms with Gasteiger partial charge in [0.2, 0.25) is 5.76 Å². The second kappa shape index (κ2) is 8.31. The Labute approximate surface area is 177 Å². The van der Waals surface area contributed by atoms with E-state index in [2.05, 4.69) is 10.6 Å². The number of carbonyl (C=O) groups excluding carboxylic acids is 2. The molecule has 31 heavy (non-hydrogen) atoms. The Kier molecular flexibility index (Phi) is 5.41. The van der Waals surface area contributed by atoms with Crippen LogP contribution in [0.25, 0.3) is 11.0 Å². The van der Waals surface area contributed by atoms with E-state index in [0.717, 1.165) is 11.6 Å². The molecule has 1 heterocycles. The van der Waals surface area contributed by atoms with Crippen molar-refractivity contribution in [3.8, 4) is 5.75 Å². The first kappa shape index (κ1) is 20.2. The summed E-state index contributed by atoms with van der Waals surface area (Å²) in [4.78, 5) is 25.1. The monoisotopic (exact) mass is 418 g/mol. The molecule has 0 saturated heterocycles. The van der Waals surface area contributed by atoms with Crippen LogP contribution in [0.4, 0.5) is 15.8 Å². The van der Waals surface area contributed by atoms with E-state index in [4.69, 9.17) is 9.15 Å². The third kappa shape index (κ3) is 4.25. The summed E-state index contributed by atoms with van der Waals surface area (Å²) in [5.74, 6) is -1.14. The van der Waals surface area contributed by atoms with Crippen LogP contribution in [0.3, 0.4) is 0 Å². The maximum atomic E-state index is 13.4. The van der Waals surface area contributed by atoms with Crippen molar-refractivity contribution in [3.05, 3.63) is 89.4 Å². The molecule has 2 N–H and O–H groups in total. The molecule has 3 aromatic carbocycles. The normalized spacial score (nSPS) is 10.7. The minimum atomic E-state index is -0.496. The fraction of sp³-hybridized carbons (Fsp3) is 0.0833. The highest BCUT2D eigenvalue weighted by Gasteiger charge is 2.22. The summed E-state index contributed by atoms with van der Waals surface area (Å²) in [6.07, 6.45) is 0. The van der Waals surface area contributed by atoms with Crippen molar-refractivity contribution < 1.29 is 23.1 Å². The predicted octanol–water partition coefficient (Wildman–Crippen LogP) is 5.39. The van der Waals surface area contributed by atoms with Gasteiger partial charge in [-0.05, 0) is 55.5 Å². The first-order valence-corrected chi connectivity index (χ1v) is 9.50. The first-order valence-electron chi connectivity index (χ1n) is 9.50. The van der Waals surface area contributed by atoms with Gasteiger partial charge < -0.3 is 19.8 Å². The molecule has 0 aliphatic carbocycles. The van der Waals surface area contributed by atoms with Crippen LogP contribution in [0.5, 0.6) is 5.75 Å². The first-order chi connectivity index (χ1) is 14.9. The topological polar surface area (TPSA) is 80.6 Å². The van der Waals surface area contributed by atoms with Gasteiger partial charge in [0.25, 0.3) is 11.8 Å². The largest absolute Gasteiger partial charge is 0.492 e. The molecule has 0 bridgehead atoms. The van der Waals surface area contributed by atoms with Gasteiger partial charge in [0, 0.05) is 16.9 Å². The van der Waals surface area contributed by atoms with Crippen molar-refractivity contribution in [1.29, 1.82) is 0 Å². The molecule has 1 aromatic heterocycles. The van der Waals surface area contributed by atoms with Crippen LogP contribution >= 0.6 is 0 Å². The lowest BCUT2D eigenvalue weighted by atomic mass is 10.1. The van der Waals surface area contributed by atoms with E-state index in [1.165, 1.54) is 25.3 Å². The van der Waals surface area contributed by atoms with Crippen LogP contribution in [0.2, 0.25) is 0 Å². The number of anilines is 2. The fourth-order valence-electron chi connectivity index (χ4n) is 3.16. The van der Waals surface area contributed by atoms with E-state index >= 15 is 0 Å². The molecule has 0 unspecified atom stereocenters. The Morgan fingerprint density at radius 1 is 0.903 bits per heavy atom. The number of ether oxygens (including phenoxy) is 1. The summed E-state index contributed by atoms with van der Waals surface area (Å²) in [5, 5.41) is 6.01. The molecule has 2 amide bonds. The number of amides is 2. The van der Waals surface area contributed by atoms with Gasteiger partial charge >= 0.3 is 0 Å². The number of carbonyl (C=O) groups is 2. The number of rotatable bonds is 5. The Bertz CT molecular complexity index is 1280. The lowest BCUT2D eigenvalue weighted by Crippen LogP contribution is -2.12. The lowest BCUT2D eigenvalue weighted by Gasteiger charge is -2.06. The van der Waals surface area contributed by atoms with Crippen LogP contribution in [0.1, 0.15) is 26.5 Å². The summed E-state index contributed by atoms with van der Waals surface area (Å²) in [5.41, 5.74) is 2.77. The van der Waals surface area contributed by atoms with Gasteiger partial charge in [0.15, 0.2) is 5.75 Å². The number of fused-ring (bicyclic) bond motifs is 1. The number of nitrogens with one attached hydrogen (secondary N) is 2. The highest BCUT2D eigenvalue weighted by atomic mass is 19.1. The van der Waals surface area contributed by atoms with Gasteiger partial charge in [-0.1, -0.05) is 23.8 Å². The predicted molar refractivity (Wildman–Crippen MR) is 116 cm³/mol. The minimum absolute atomic E-state index is 0.0201. The molecule has 4 aromatic rings. The van der Waals surface area contributed by atoms with Crippen molar-refractivity contribution >= 4 is 34.2 Å². The zero-order valence-corrected chi connectivity index (χ0v) is 16.9. The lowest BCUT2D eigenvalue weighted by molar-refractivity contribution is 0.0992. The molecule has 4 rings (SSSR count). The van der Waals surface area contributed by atoms with Crippen molar-refractivity contribution in [2.75, 3.05) is 17.7 Å². The van der Waals surface area contributed by atoms with Crippen LogP contribution < -0.4 is 15.4 Å². The fourth-order valence-corrected chi connectivity index (χ4v) is 3.16. The smallest absolute Gasteiger partial charge is 0.295 e. The molecule has 0 radical (unpaired) electrons. The number of benzene rings is 3. The Hall–Kier alpha value is -4.13. The number of halogens is 1. The average Bonchev–Trinajstić information content (AvgIpc) is 3.13. The van der Waals surface area contributed by atoms with Gasteiger partial charge in [-0.25, -0.2) is 4.39 Å². The van der Waals surface area contributed by atoms with Crippen LogP contribution in [0.15, 0.2) is 71.1 Å². The van der Waals surface area contributed by atoms with E-state index in [1.807, 2.05) is 19.1 Å². The molecule has 156 valence electrons. The minimum Gasteiger partial charge on any atom is -0.492 e. The summed E-state index contributed by atoms with van der Waals surface area (Å²) in [7, 11) is 1.44. The molecule has 0 atom stereocenters. The number of methoxy groups -OCH3 is 1. The molecule has 7 heteroatoms. The second-order valence-electron chi connectivity index (χ2n) is 6.96. The summed E-state index contributed by atoms with van der Waals surface area (Å²) < 4.78 is 24.5. The summed E-state index contributed by atoms with van der Waals surface area (Å²) in [6.45, 7) is 1.96. The van der Waals surface area contributed by atoms with E-state index < -0.39 is 17.6 Å². The van der Waals surface area contributed by atoms with Gasteiger partial charge in [0.1, 0.15) is 11.4 Å². The zero-order valence-electron chi connectivity index (χ0n) is 16.9. The standard InChI is InChI=1S/C24H19FN2O4/c1-14-6-8-17(9-7-14)26-24(29)22-21(30-2)19-13-18(10-11-20(19)31-22)27-23(28)15-4-3-5-16(25)12-15/h3-13H,1-2H3,(H,26,29)(H,27,28). The van der Waals surface area contributed by atoms with Gasteiger partial charge in [0.05, 0.1) is 12.5 Å². The van der Waals surface area contributed by atoms with Crippen molar-refractivity contribution in [2.24, 2.45) is 0 Å². The highest BCUT2D eigenvalue weighted by Crippen LogP contribution is 2.35. The Morgan fingerprint density at radius 3 is 2.32 bits per heavy atom. The van der Waals surface area contributed by atoms with Crippen molar-refractivity contribution in [2.45, 2.75) is 6.92 Å². The number of aryl methyl sites for hydroxylation is 1. The molecule has 0 aliphatic heterocycles. The van der Waals surface area contributed by atoms with E-state index in [1.54, 1.807) is 30.3 Å². The number of hydrogen-bond acceptors (Lipinski definition) is 4. The van der Waals surface area contributed by atoms with E-state index in [-0.39, 0.29) is 17.1 Å². The molecule has 0 spiro atoms. The molecular weight excluding hydrogens is 399 g/mol. The third-order valence-corrected chi connectivity index (χ3v) is 4.71. The van der Waals surface area contributed by atoms with Crippen molar-refractivity contribution in [3.63, 3.8) is 0 Å². The summed E-state index contributed by atoms with van der Waals surface area (Å²) in [6, 6.07) is 17.7. The molecule has 0 aliphatic rings. The Morgan fingerprint density at radius 2 is 1.61 bits per heavy atom. The van der Waals surface area contributed by atoms with E-state index in [9.17, 15) is 14.0 Å². The Balaban J connectivity index is 1.61. The molecule has 0 fully saturated rings. The number of furan rings is 1. The van der Waals surface area contributed by atoms with Gasteiger partial charge in [-0.15, -0.1) is 0 Å².